The van der Waals surface area contributed by atoms with Crippen LogP contribution in [-0.4, -0.2) is 19.3 Å². The number of anilines is 2. The van der Waals surface area contributed by atoms with E-state index < -0.39 is 0 Å². The van der Waals surface area contributed by atoms with Crippen molar-refractivity contribution >= 4 is 27.3 Å². The van der Waals surface area contributed by atoms with Crippen molar-refractivity contribution in [3.8, 4) is 0 Å². The molecule has 0 heterocycles. The van der Waals surface area contributed by atoms with Gasteiger partial charge in [0.2, 0.25) is 0 Å². The molecule has 3 N–H and O–H groups in total. The van der Waals surface area contributed by atoms with E-state index in [4.69, 9.17) is 10.5 Å². The molecule has 0 amide bonds. The molecule has 1 aliphatic carbocycles. The molecule has 3 nitrogen and oxygen atoms in total. The molecule has 0 aliphatic heterocycles. The highest BCUT2D eigenvalue weighted by Crippen LogP contribution is 2.23. The maximum atomic E-state index is 5.89. The molecule has 1 aromatic rings. The number of ether oxygens (including phenoxy) is 1. The minimum absolute atomic E-state index is 0.485. The van der Waals surface area contributed by atoms with Gasteiger partial charge in [0.1, 0.15) is 0 Å². The first-order valence-corrected chi connectivity index (χ1v) is 6.95. The summed E-state index contributed by atoms with van der Waals surface area (Å²) < 4.78 is 6.78. The lowest BCUT2D eigenvalue weighted by Crippen LogP contribution is -2.15. The molecule has 0 atom stereocenters. The summed E-state index contributed by atoms with van der Waals surface area (Å²) in [5.74, 6) is 0. The van der Waals surface area contributed by atoms with Crippen LogP contribution in [-0.2, 0) is 4.74 Å². The standard InChI is InChI=1S/C13H19BrN2O/c14-10-5-6-13(12(15)9-10)16-7-8-17-11-3-1-2-4-11/h5-6,9,11,16H,1-4,7-8,15H2. The van der Waals surface area contributed by atoms with Gasteiger partial charge in [-0.15, -0.1) is 0 Å². The Hall–Kier alpha value is -0.740. The molecule has 4 heteroatoms. The molecule has 0 unspecified atom stereocenters. The Balaban J connectivity index is 1.70. The highest BCUT2D eigenvalue weighted by molar-refractivity contribution is 9.10. The molecule has 94 valence electrons. The number of nitrogens with one attached hydrogen (secondary N) is 1. The van der Waals surface area contributed by atoms with Gasteiger partial charge in [-0.2, -0.15) is 0 Å². The van der Waals surface area contributed by atoms with Crippen molar-refractivity contribution in [3.05, 3.63) is 22.7 Å². The van der Waals surface area contributed by atoms with Gasteiger partial charge in [0.15, 0.2) is 0 Å². The van der Waals surface area contributed by atoms with Crippen LogP contribution in [0, 0.1) is 0 Å². The molecule has 1 aromatic carbocycles. The fraction of sp³-hybridized carbons (Fsp3) is 0.538. The van der Waals surface area contributed by atoms with Gasteiger partial charge in [-0.25, -0.2) is 0 Å². The van der Waals surface area contributed by atoms with Crippen LogP contribution in [0.5, 0.6) is 0 Å². The van der Waals surface area contributed by atoms with Gasteiger partial charge in [-0.3, -0.25) is 0 Å². The van der Waals surface area contributed by atoms with E-state index in [2.05, 4.69) is 21.2 Å². The first kappa shape index (κ1) is 12.7. The summed E-state index contributed by atoms with van der Waals surface area (Å²) in [5.41, 5.74) is 7.63. The molecule has 1 saturated carbocycles. The van der Waals surface area contributed by atoms with Crippen LogP contribution in [0.4, 0.5) is 11.4 Å². The molecular weight excluding hydrogens is 280 g/mol. The largest absolute Gasteiger partial charge is 0.397 e. The summed E-state index contributed by atoms with van der Waals surface area (Å²) in [6.45, 7) is 1.56. The lowest BCUT2D eigenvalue weighted by atomic mass is 10.2. The monoisotopic (exact) mass is 298 g/mol. The van der Waals surface area contributed by atoms with E-state index in [-0.39, 0.29) is 0 Å². The Morgan fingerprint density at radius 3 is 2.82 bits per heavy atom. The fourth-order valence-electron chi connectivity index (χ4n) is 2.16. The van der Waals surface area contributed by atoms with Crippen LogP contribution >= 0.6 is 15.9 Å². The predicted octanol–water partition coefficient (Wildman–Crippen LogP) is 3.40. The van der Waals surface area contributed by atoms with Crippen LogP contribution in [0.2, 0.25) is 0 Å². The summed E-state index contributed by atoms with van der Waals surface area (Å²) in [6.07, 6.45) is 5.56. The summed E-state index contributed by atoms with van der Waals surface area (Å²) >= 11 is 3.39. The highest BCUT2D eigenvalue weighted by atomic mass is 79.9. The first-order chi connectivity index (χ1) is 8.25. The molecule has 0 bridgehead atoms. The Morgan fingerprint density at radius 1 is 1.35 bits per heavy atom. The van der Waals surface area contributed by atoms with Crippen molar-refractivity contribution in [2.24, 2.45) is 0 Å². The zero-order chi connectivity index (χ0) is 12.1. The molecule has 0 saturated heterocycles. The van der Waals surface area contributed by atoms with Crippen molar-refractivity contribution < 1.29 is 4.74 Å². The number of hydrogen-bond donors (Lipinski definition) is 2. The van der Waals surface area contributed by atoms with Crippen LogP contribution in [0.15, 0.2) is 22.7 Å². The molecule has 0 radical (unpaired) electrons. The van der Waals surface area contributed by atoms with E-state index in [1.165, 1.54) is 25.7 Å². The van der Waals surface area contributed by atoms with Gasteiger partial charge >= 0.3 is 0 Å². The van der Waals surface area contributed by atoms with Crippen molar-refractivity contribution in [3.63, 3.8) is 0 Å². The molecule has 2 rings (SSSR count). The van der Waals surface area contributed by atoms with Crippen molar-refractivity contribution in [2.45, 2.75) is 31.8 Å². The average Bonchev–Trinajstić information content (AvgIpc) is 2.79. The lowest BCUT2D eigenvalue weighted by molar-refractivity contribution is 0.0659. The number of halogens is 1. The van der Waals surface area contributed by atoms with Crippen LogP contribution in [0.25, 0.3) is 0 Å². The topological polar surface area (TPSA) is 47.3 Å². The maximum absolute atomic E-state index is 5.89. The lowest BCUT2D eigenvalue weighted by Gasteiger charge is -2.13. The normalized spacial score (nSPS) is 16.3. The third-order valence-electron chi connectivity index (χ3n) is 3.09. The maximum Gasteiger partial charge on any atom is 0.0642 e. The van der Waals surface area contributed by atoms with Crippen molar-refractivity contribution in [1.82, 2.24) is 0 Å². The summed E-state index contributed by atoms with van der Waals surface area (Å²) in [7, 11) is 0. The molecule has 17 heavy (non-hydrogen) atoms. The van der Waals surface area contributed by atoms with Crippen LogP contribution in [0.1, 0.15) is 25.7 Å². The highest BCUT2D eigenvalue weighted by Gasteiger charge is 2.14. The SMILES string of the molecule is Nc1cc(Br)ccc1NCCOC1CCCC1. The molecule has 0 spiro atoms. The molecular formula is C13H19BrN2O. The van der Waals surface area contributed by atoms with E-state index in [0.29, 0.717) is 6.10 Å². The summed E-state index contributed by atoms with van der Waals surface area (Å²) in [5, 5.41) is 3.29. The minimum atomic E-state index is 0.485. The number of nitrogen functional groups attached to an aromatic ring is 1. The Bertz CT molecular complexity index is 364. The van der Waals surface area contributed by atoms with E-state index in [0.717, 1.165) is 29.0 Å². The average molecular weight is 299 g/mol. The molecule has 1 aliphatic rings. The predicted molar refractivity (Wildman–Crippen MR) is 75.3 cm³/mol. The first-order valence-electron chi connectivity index (χ1n) is 6.16. The number of hydrogen-bond acceptors (Lipinski definition) is 3. The van der Waals surface area contributed by atoms with Gasteiger partial charge in [-0.1, -0.05) is 28.8 Å². The van der Waals surface area contributed by atoms with Gasteiger partial charge in [0.05, 0.1) is 24.1 Å². The second-order valence-electron chi connectivity index (χ2n) is 4.44. The minimum Gasteiger partial charge on any atom is -0.397 e. The van der Waals surface area contributed by atoms with Gasteiger partial charge in [0.25, 0.3) is 0 Å². The second-order valence-corrected chi connectivity index (χ2v) is 5.35. The summed E-state index contributed by atoms with van der Waals surface area (Å²) in [6, 6.07) is 5.87. The smallest absolute Gasteiger partial charge is 0.0642 e. The van der Waals surface area contributed by atoms with E-state index in [1.807, 2.05) is 18.2 Å². The van der Waals surface area contributed by atoms with Crippen molar-refractivity contribution in [1.29, 1.82) is 0 Å². The second kappa shape index (κ2) is 6.26. The Labute approximate surface area is 111 Å². The fourth-order valence-corrected chi connectivity index (χ4v) is 2.54. The van der Waals surface area contributed by atoms with E-state index >= 15 is 0 Å². The zero-order valence-corrected chi connectivity index (χ0v) is 11.5. The van der Waals surface area contributed by atoms with Gasteiger partial charge in [-0.05, 0) is 31.0 Å². The Kier molecular flexibility index (Phi) is 4.68. The quantitative estimate of drug-likeness (QED) is 0.647. The number of nitrogens with two attached hydrogens (primary N) is 1. The van der Waals surface area contributed by atoms with Crippen LogP contribution in [0.3, 0.4) is 0 Å². The molecule has 1 fully saturated rings. The third kappa shape index (κ3) is 3.89. The molecule has 0 aromatic heterocycles. The van der Waals surface area contributed by atoms with Gasteiger partial charge in [0, 0.05) is 11.0 Å². The van der Waals surface area contributed by atoms with E-state index in [1.54, 1.807) is 0 Å². The van der Waals surface area contributed by atoms with Crippen LogP contribution < -0.4 is 11.1 Å². The summed E-state index contributed by atoms with van der Waals surface area (Å²) in [4.78, 5) is 0. The van der Waals surface area contributed by atoms with Gasteiger partial charge < -0.3 is 15.8 Å². The number of rotatable bonds is 5. The Morgan fingerprint density at radius 2 is 2.12 bits per heavy atom. The zero-order valence-electron chi connectivity index (χ0n) is 9.92. The number of benzene rings is 1. The third-order valence-corrected chi connectivity index (χ3v) is 3.58. The van der Waals surface area contributed by atoms with Crippen molar-refractivity contribution in [2.75, 3.05) is 24.2 Å². The van der Waals surface area contributed by atoms with E-state index in [9.17, 15) is 0 Å².